The zero-order chi connectivity index (χ0) is 21.0. The summed E-state index contributed by atoms with van der Waals surface area (Å²) >= 11 is 0. The van der Waals surface area contributed by atoms with Gasteiger partial charge in [-0.1, -0.05) is 54.6 Å². The number of aromatic nitrogens is 2. The van der Waals surface area contributed by atoms with Gasteiger partial charge in [0.1, 0.15) is 0 Å². The van der Waals surface area contributed by atoms with Gasteiger partial charge in [-0.2, -0.15) is 5.10 Å². The fourth-order valence-electron chi connectivity index (χ4n) is 3.71. The monoisotopic (exact) mass is 411 g/mol. The summed E-state index contributed by atoms with van der Waals surface area (Å²) < 4.78 is 12.7. The molecule has 0 bridgehead atoms. The smallest absolute Gasteiger partial charge is 0.255 e. The van der Waals surface area contributed by atoms with E-state index in [9.17, 15) is 4.79 Å². The van der Waals surface area contributed by atoms with Gasteiger partial charge >= 0.3 is 0 Å². The summed E-state index contributed by atoms with van der Waals surface area (Å²) in [6.07, 6.45) is 3.73. The minimum Gasteiger partial charge on any atom is -0.454 e. The molecule has 0 saturated heterocycles. The minimum atomic E-state index is -0.188. The summed E-state index contributed by atoms with van der Waals surface area (Å²) in [6.45, 7) is 1.28. The number of nitrogens with one attached hydrogen (secondary N) is 1. The van der Waals surface area contributed by atoms with Gasteiger partial charge in [-0.05, 0) is 40.5 Å². The molecule has 6 heteroatoms. The molecule has 1 N–H and O–H groups in total. The van der Waals surface area contributed by atoms with Crippen molar-refractivity contribution in [2.45, 2.75) is 13.1 Å². The lowest BCUT2D eigenvalue weighted by Gasteiger charge is -2.12. The SMILES string of the molecule is O=C(NCc1ccccc1-c1ccc(Cn2cccn2)cc1)c1cccc2c1OCO2. The van der Waals surface area contributed by atoms with Crippen LogP contribution in [0.15, 0.2) is 85.2 Å². The van der Waals surface area contributed by atoms with Gasteiger partial charge in [0.05, 0.1) is 12.1 Å². The number of ether oxygens (including phenoxy) is 2. The van der Waals surface area contributed by atoms with Gasteiger partial charge in [-0.15, -0.1) is 0 Å². The highest BCUT2D eigenvalue weighted by atomic mass is 16.7. The topological polar surface area (TPSA) is 65.4 Å². The Morgan fingerprint density at radius 2 is 1.84 bits per heavy atom. The van der Waals surface area contributed by atoms with Gasteiger partial charge in [0.15, 0.2) is 11.5 Å². The predicted octanol–water partition coefficient (Wildman–Crippen LogP) is 4.26. The molecule has 1 aromatic heterocycles. The first kappa shape index (κ1) is 18.9. The van der Waals surface area contributed by atoms with Crippen LogP contribution in [0.2, 0.25) is 0 Å². The summed E-state index contributed by atoms with van der Waals surface area (Å²) in [6, 6.07) is 23.8. The molecule has 0 saturated carbocycles. The molecule has 1 amide bonds. The summed E-state index contributed by atoms with van der Waals surface area (Å²) in [5.41, 5.74) is 4.90. The Kier molecular flexibility index (Phi) is 5.10. The molecule has 1 aliphatic rings. The average molecular weight is 411 g/mol. The Bertz CT molecular complexity index is 1200. The zero-order valence-electron chi connectivity index (χ0n) is 16.8. The fraction of sp³-hybridized carbons (Fsp3) is 0.120. The normalized spacial score (nSPS) is 12.0. The quantitative estimate of drug-likeness (QED) is 0.515. The van der Waals surface area contributed by atoms with Crippen LogP contribution in [-0.2, 0) is 13.1 Å². The molecule has 154 valence electrons. The zero-order valence-corrected chi connectivity index (χ0v) is 16.8. The second kappa shape index (κ2) is 8.36. The Morgan fingerprint density at radius 3 is 2.68 bits per heavy atom. The maximum Gasteiger partial charge on any atom is 0.255 e. The van der Waals surface area contributed by atoms with Crippen molar-refractivity contribution in [1.82, 2.24) is 15.1 Å². The minimum absolute atomic E-state index is 0.138. The number of nitrogens with zero attached hydrogens (tertiary/aromatic N) is 2. The maximum absolute atomic E-state index is 12.8. The third-order valence-electron chi connectivity index (χ3n) is 5.27. The summed E-state index contributed by atoms with van der Waals surface area (Å²) in [4.78, 5) is 12.8. The van der Waals surface area contributed by atoms with Gasteiger partial charge in [0, 0.05) is 18.9 Å². The molecule has 0 atom stereocenters. The maximum atomic E-state index is 12.8. The van der Waals surface area contributed by atoms with E-state index in [4.69, 9.17) is 9.47 Å². The summed E-state index contributed by atoms with van der Waals surface area (Å²) in [5, 5.41) is 7.26. The van der Waals surface area contributed by atoms with Crippen molar-refractivity contribution >= 4 is 5.91 Å². The lowest BCUT2D eigenvalue weighted by Crippen LogP contribution is -2.23. The van der Waals surface area contributed by atoms with Crippen molar-refractivity contribution < 1.29 is 14.3 Å². The van der Waals surface area contributed by atoms with E-state index in [-0.39, 0.29) is 12.7 Å². The first-order valence-corrected chi connectivity index (χ1v) is 10.1. The van der Waals surface area contributed by atoms with E-state index in [1.54, 1.807) is 24.4 Å². The molecule has 0 spiro atoms. The molecule has 6 nitrogen and oxygen atoms in total. The lowest BCUT2D eigenvalue weighted by molar-refractivity contribution is 0.0946. The van der Waals surface area contributed by atoms with E-state index in [1.807, 2.05) is 35.1 Å². The molecule has 31 heavy (non-hydrogen) atoms. The number of amides is 1. The van der Waals surface area contributed by atoms with Crippen LogP contribution in [0, 0.1) is 0 Å². The van der Waals surface area contributed by atoms with Crippen LogP contribution in [-0.4, -0.2) is 22.5 Å². The second-order valence-electron chi connectivity index (χ2n) is 7.28. The van der Waals surface area contributed by atoms with Gasteiger partial charge < -0.3 is 14.8 Å². The van der Waals surface area contributed by atoms with Crippen LogP contribution in [0.3, 0.4) is 0 Å². The molecule has 0 fully saturated rings. The first-order valence-electron chi connectivity index (χ1n) is 10.1. The third-order valence-corrected chi connectivity index (χ3v) is 5.27. The predicted molar refractivity (Wildman–Crippen MR) is 117 cm³/mol. The van der Waals surface area contributed by atoms with Gasteiger partial charge in [-0.3, -0.25) is 9.48 Å². The van der Waals surface area contributed by atoms with Crippen LogP contribution in [0.25, 0.3) is 11.1 Å². The van der Waals surface area contributed by atoms with E-state index in [0.717, 1.165) is 23.2 Å². The molecular weight excluding hydrogens is 390 g/mol. The number of hydrogen-bond acceptors (Lipinski definition) is 4. The molecule has 2 heterocycles. The first-order chi connectivity index (χ1) is 15.3. The van der Waals surface area contributed by atoms with Crippen molar-refractivity contribution in [2.75, 3.05) is 6.79 Å². The Hall–Kier alpha value is -4.06. The van der Waals surface area contributed by atoms with Crippen molar-refractivity contribution in [3.05, 3.63) is 102 Å². The van der Waals surface area contributed by atoms with Crippen LogP contribution in [0.4, 0.5) is 0 Å². The number of hydrogen-bond donors (Lipinski definition) is 1. The highest BCUT2D eigenvalue weighted by Crippen LogP contribution is 2.35. The number of carbonyl (C=O) groups is 1. The average Bonchev–Trinajstić information content (AvgIpc) is 3.50. The molecule has 0 unspecified atom stereocenters. The van der Waals surface area contributed by atoms with Crippen LogP contribution in [0.5, 0.6) is 11.5 Å². The van der Waals surface area contributed by atoms with Crippen molar-refractivity contribution in [2.24, 2.45) is 0 Å². The molecular formula is C25H21N3O3. The highest BCUT2D eigenvalue weighted by Gasteiger charge is 2.21. The van der Waals surface area contributed by atoms with E-state index in [0.29, 0.717) is 23.6 Å². The highest BCUT2D eigenvalue weighted by molar-refractivity contribution is 5.98. The van der Waals surface area contributed by atoms with Gasteiger partial charge in [0.25, 0.3) is 5.91 Å². The Morgan fingerprint density at radius 1 is 0.968 bits per heavy atom. The van der Waals surface area contributed by atoms with Crippen molar-refractivity contribution in [3.8, 4) is 22.6 Å². The summed E-state index contributed by atoms with van der Waals surface area (Å²) in [7, 11) is 0. The standard InChI is InChI=1S/C25H21N3O3/c29-25(22-7-3-8-23-24(22)31-17-30-23)26-15-20-5-1-2-6-21(20)19-11-9-18(10-12-19)16-28-14-4-13-27-28/h1-14H,15-17H2,(H,26,29). The molecule has 4 aromatic rings. The Balaban J connectivity index is 1.32. The second-order valence-corrected chi connectivity index (χ2v) is 7.28. The van der Waals surface area contributed by atoms with Crippen molar-refractivity contribution in [3.63, 3.8) is 0 Å². The van der Waals surface area contributed by atoms with E-state index in [1.165, 1.54) is 5.56 Å². The molecule has 5 rings (SSSR count). The number of carbonyl (C=O) groups excluding carboxylic acids is 1. The van der Waals surface area contributed by atoms with Gasteiger partial charge in [0.2, 0.25) is 6.79 Å². The number of benzene rings is 3. The molecule has 0 radical (unpaired) electrons. The molecule has 1 aliphatic heterocycles. The number of fused-ring (bicyclic) bond motifs is 1. The van der Waals surface area contributed by atoms with E-state index >= 15 is 0 Å². The van der Waals surface area contributed by atoms with Crippen molar-refractivity contribution in [1.29, 1.82) is 0 Å². The van der Waals surface area contributed by atoms with E-state index in [2.05, 4.69) is 40.7 Å². The van der Waals surface area contributed by atoms with Crippen LogP contribution < -0.4 is 14.8 Å². The van der Waals surface area contributed by atoms with E-state index < -0.39 is 0 Å². The van der Waals surface area contributed by atoms with Gasteiger partial charge in [-0.25, -0.2) is 0 Å². The molecule has 3 aromatic carbocycles. The summed E-state index contributed by atoms with van der Waals surface area (Å²) in [5.74, 6) is 0.913. The molecule has 0 aliphatic carbocycles. The van der Waals surface area contributed by atoms with Crippen LogP contribution in [0.1, 0.15) is 21.5 Å². The third kappa shape index (κ3) is 4.00. The number of para-hydroxylation sites is 1. The van der Waals surface area contributed by atoms with Crippen LogP contribution >= 0.6 is 0 Å². The Labute approximate surface area is 180 Å². The fourth-order valence-corrected chi connectivity index (χ4v) is 3.71. The lowest BCUT2D eigenvalue weighted by atomic mass is 9.98. The number of rotatable bonds is 6. The largest absolute Gasteiger partial charge is 0.454 e.